The number of anilines is 1. The average Bonchev–Trinajstić information content (AvgIpc) is 2.81. The summed E-state index contributed by atoms with van der Waals surface area (Å²) in [5.41, 5.74) is 1.19. The molecule has 1 aliphatic heterocycles. The first-order valence-electron chi connectivity index (χ1n) is 11.0. The third kappa shape index (κ3) is 5.83. The van der Waals surface area contributed by atoms with Gasteiger partial charge in [0.25, 0.3) is 0 Å². The molecule has 3 aromatic rings. The van der Waals surface area contributed by atoms with Gasteiger partial charge in [-0.2, -0.15) is 5.10 Å². The first-order valence-corrected chi connectivity index (χ1v) is 11.0. The van der Waals surface area contributed by atoms with Crippen LogP contribution in [0.2, 0.25) is 0 Å². The van der Waals surface area contributed by atoms with Gasteiger partial charge in [-0.25, -0.2) is 18.3 Å². The normalized spacial score (nSPS) is 14.2. The van der Waals surface area contributed by atoms with E-state index in [1.54, 1.807) is 24.3 Å². The maximum atomic E-state index is 13.6. The second kappa shape index (κ2) is 10.5. The minimum absolute atomic E-state index is 0.135. The quantitative estimate of drug-likeness (QED) is 0.553. The van der Waals surface area contributed by atoms with E-state index in [9.17, 15) is 23.5 Å². The van der Waals surface area contributed by atoms with Gasteiger partial charge in [0, 0.05) is 69.7 Å². The number of carboxylic acid groups (broad SMARTS) is 1. The van der Waals surface area contributed by atoms with E-state index in [1.807, 2.05) is 0 Å². The molecule has 1 fully saturated rings. The standard InChI is InChI=1S/C24H25F2N5O3/c25-18-14-19(26)16-21(15-18)31-7-4-23(32)22(28-31)13-17-2-1-3-20(12-17)30(24(33)34)11-10-29-8-5-27-6-9-29/h1-4,7,12,14-16,27H,5-6,8-11,13H2,(H,33,34). The van der Waals surface area contributed by atoms with Gasteiger partial charge in [-0.3, -0.25) is 14.6 Å². The Labute approximate surface area is 195 Å². The first kappa shape index (κ1) is 23.5. The molecular weight excluding hydrogens is 444 g/mol. The Kier molecular flexibility index (Phi) is 7.29. The van der Waals surface area contributed by atoms with E-state index in [4.69, 9.17) is 0 Å². The molecule has 1 saturated heterocycles. The van der Waals surface area contributed by atoms with Gasteiger partial charge in [-0.1, -0.05) is 12.1 Å². The highest BCUT2D eigenvalue weighted by Gasteiger charge is 2.18. The van der Waals surface area contributed by atoms with Crippen molar-refractivity contribution >= 4 is 11.8 Å². The van der Waals surface area contributed by atoms with E-state index in [2.05, 4.69) is 15.3 Å². The van der Waals surface area contributed by atoms with E-state index in [1.165, 1.54) is 21.8 Å². The molecule has 2 N–H and O–H groups in total. The molecule has 2 heterocycles. The van der Waals surface area contributed by atoms with E-state index in [-0.39, 0.29) is 23.2 Å². The predicted octanol–water partition coefficient (Wildman–Crippen LogP) is 2.49. The predicted molar refractivity (Wildman–Crippen MR) is 124 cm³/mol. The van der Waals surface area contributed by atoms with Gasteiger partial charge >= 0.3 is 6.09 Å². The van der Waals surface area contributed by atoms with Gasteiger partial charge in [-0.05, 0) is 29.8 Å². The molecule has 0 unspecified atom stereocenters. The molecule has 0 aliphatic carbocycles. The van der Waals surface area contributed by atoms with Gasteiger partial charge in [0.2, 0.25) is 5.43 Å². The van der Waals surface area contributed by atoms with Crippen molar-refractivity contribution in [3.8, 4) is 5.69 Å². The third-order valence-electron chi connectivity index (χ3n) is 5.67. The lowest BCUT2D eigenvalue weighted by Crippen LogP contribution is -2.47. The van der Waals surface area contributed by atoms with Crippen molar-refractivity contribution in [1.82, 2.24) is 20.0 Å². The number of amides is 1. The lowest BCUT2D eigenvalue weighted by molar-refractivity contribution is 0.198. The number of benzene rings is 2. The number of nitrogens with zero attached hydrogens (tertiary/aromatic N) is 4. The zero-order valence-corrected chi connectivity index (χ0v) is 18.5. The van der Waals surface area contributed by atoms with E-state index >= 15 is 0 Å². The molecule has 34 heavy (non-hydrogen) atoms. The highest BCUT2D eigenvalue weighted by molar-refractivity contribution is 5.86. The number of hydrogen-bond acceptors (Lipinski definition) is 5. The highest BCUT2D eigenvalue weighted by atomic mass is 19.1. The van der Waals surface area contributed by atoms with Crippen LogP contribution >= 0.6 is 0 Å². The Hall–Kier alpha value is -3.63. The largest absolute Gasteiger partial charge is 0.465 e. The second-order valence-electron chi connectivity index (χ2n) is 8.07. The monoisotopic (exact) mass is 469 g/mol. The zero-order chi connectivity index (χ0) is 24.1. The number of carbonyl (C=O) groups is 1. The number of piperazine rings is 1. The topological polar surface area (TPSA) is 90.7 Å². The molecular formula is C24H25F2N5O3. The van der Waals surface area contributed by atoms with Crippen molar-refractivity contribution in [2.75, 3.05) is 44.2 Å². The summed E-state index contributed by atoms with van der Waals surface area (Å²) in [5, 5.41) is 17.3. The number of rotatable bonds is 7. The van der Waals surface area contributed by atoms with Crippen molar-refractivity contribution in [2.45, 2.75) is 6.42 Å². The summed E-state index contributed by atoms with van der Waals surface area (Å²) in [5.74, 6) is -1.50. The molecule has 4 rings (SSSR count). The minimum Gasteiger partial charge on any atom is -0.465 e. The summed E-state index contributed by atoms with van der Waals surface area (Å²) in [7, 11) is 0. The number of hydrogen-bond donors (Lipinski definition) is 2. The van der Waals surface area contributed by atoms with E-state index in [0.717, 1.165) is 44.4 Å². The Morgan fingerprint density at radius 3 is 2.53 bits per heavy atom. The smallest absolute Gasteiger partial charge is 0.411 e. The van der Waals surface area contributed by atoms with Crippen LogP contribution in [0.1, 0.15) is 11.3 Å². The first-order chi connectivity index (χ1) is 16.4. The van der Waals surface area contributed by atoms with Crippen LogP contribution in [-0.4, -0.2) is 65.1 Å². The van der Waals surface area contributed by atoms with E-state index in [0.29, 0.717) is 24.3 Å². The molecule has 0 bridgehead atoms. The van der Waals surface area contributed by atoms with Crippen LogP contribution in [0, 0.1) is 11.6 Å². The summed E-state index contributed by atoms with van der Waals surface area (Å²) in [6.07, 6.45) is 0.426. The molecule has 2 aromatic carbocycles. The number of aromatic nitrogens is 2. The fraction of sp³-hybridized carbons (Fsp3) is 0.292. The van der Waals surface area contributed by atoms with Crippen molar-refractivity contribution in [3.63, 3.8) is 0 Å². The highest BCUT2D eigenvalue weighted by Crippen LogP contribution is 2.19. The van der Waals surface area contributed by atoms with Crippen LogP contribution < -0.4 is 15.6 Å². The van der Waals surface area contributed by atoms with E-state index < -0.39 is 17.7 Å². The maximum absolute atomic E-state index is 13.6. The van der Waals surface area contributed by atoms with Gasteiger partial charge in [0.05, 0.1) is 5.69 Å². The van der Waals surface area contributed by atoms with Crippen LogP contribution in [0.5, 0.6) is 0 Å². The maximum Gasteiger partial charge on any atom is 0.411 e. The van der Waals surface area contributed by atoms with Crippen LogP contribution in [-0.2, 0) is 6.42 Å². The van der Waals surface area contributed by atoms with Crippen molar-refractivity contribution < 1.29 is 18.7 Å². The summed E-state index contributed by atoms with van der Waals surface area (Å²) in [6.45, 7) is 4.44. The molecule has 1 aliphatic rings. The molecule has 0 saturated carbocycles. The molecule has 1 aromatic heterocycles. The number of nitrogens with one attached hydrogen (secondary N) is 1. The third-order valence-corrected chi connectivity index (χ3v) is 5.67. The average molecular weight is 469 g/mol. The molecule has 0 radical (unpaired) electrons. The minimum atomic E-state index is -1.05. The fourth-order valence-electron chi connectivity index (χ4n) is 3.92. The number of halogens is 2. The van der Waals surface area contributed by atoms with Crippen molar-refractivity contribution in [2.24, 2.45) is 0 Å². The van der Waals surface area contributed by atoms with Gasteiger partial charge in [-0.15, -0.1) is 0 Å². The Bertz CT molecular complexity index is 1210. The van der Waals surface area contributed by atoms with Crippen LogP contribution in [0.4, 0.5) is 19.3 Å². The summed E-state index contributed by atoms with van der Waals surface area (Å²) in [6, 6.07) is 11.2. The fourth-order valence-corrected chi connectivity index (χ4v) is 3.92. The zero-order valence-electron chi connectivity index (χ0n) is 18.5. The molecule has 178 valence electrons. The van der Waals surface area contributed by atoms with Gasteiger partial charge in [0.15, 0.2) is 0 Å². The Morgan fingerprint density at radius 2 is 1.82 bits per heavy atom. The van der Waals surface area contributed by atoms with Gasteiger partial charge in [0.1, 0.15) is 17.3 Å². The van der Waals surface area contributed by atoms with Crippen LogP contribution in [0.3, 0.4) is 0 Å². The Balaban J connectivity index is 1.54. The molecule has 0 atom stereocenters. The molecule has 0 spiro atoms. The lowest BCUT2D eigenvalue weighted by Gasteiger charge is -2.29. The molecule has 1 amide bonds. The SMILES string of the molecule is O=C(O)N(CCN1CCNCC1)c1cccc(Cc2nn(-c3cc(F)cc(F)c3)ccc2=O)c1. The molecule has 10 heteroatoms. The van der Waals surface area contributed by atoms with Crippen LogP contribution in [0.25, 0.3) is 5.69 Å². The summed E-state index contributed by atoms with van der Waals surface area (Å²) in [4.78, 5) is 27.8. The summed E-state index contributed by atoms with van der Waals surface area (Å²) >= 11 is 0. The lowest BCUT2D eigenvalue weighted by atomic mass is 10.1. The van der Waals surface area contributed by atoms with Gasteiger partial charge < -0.3 is 10.4 Å². The molecule has 8 nitrogen and oxygen atoms in total. The Morgan fingerprint density at radius 1 is 1.09 bits per heavy atom. The van der Waals surface area contributed by atoms with Crippen molar-refractivity contribution in [1.29, 1.82) is 0 Å². The summed E-state index contributed by atoms with van der Waals surface area (Å²) < 4.78 is 28.5. The second-order valence-corrected chi connectivity index (χ2v) is 8.07. The van der Waals surface area contributed by atoms with Crippen LogP contribution in [0.15, 0.2) is 59.5 Å². The van der Waals surface area contributed by atoms with Crippen molar-refractivity contribution in [3.05, 3.63) is 87.8 Å².